The van der Waals surface area contributed by atoms with Gasteiger partial charge in [0.2, 0.25) is 12.3 Å². The molecule has 1 saturated carbocycles. The van der Waals surface area contributed by atoms with E-state index in [1.165, 1.54) is 6.92 Å². The molecule has 1 amide bonds. The molecule has 3 aliphatic rings. The number of rotatable bonds is 2. The molecule has 88 valence electrons. The normalized spacial score (nSPS) is 36.2. The first-order valence-electron chi connectivity index (χ1n) is 5.55. The average molecular weight is 223 g/mol. The summed E-state index contributed by atoms with van der Waals surface area (Å²) < 4.78 is 5.08. The van der Waals surface area contributed by atoms with Crippen molar-refractivity contribution in [1.82, 2.24) is 4.90 Å². The van der Waals surface area contributed by atoms with Gasteiger partial charge in [-0.25, -0.2) is 0 Å². The van der Waals surface area contributed by atoms with Crippen molar-refractivity contribution >= 4 is 18.2 Å². The molecule has 2 saturated heterocycles. The molecule has 2 heterocycles. The van der Waals surface area contributed by atoms with Gasteiger partial charge in [0.15, 0.2) is 5.90 Å². The maximum Gasteiger partial charge on any atom is 0.215 e. The molecule has 0 aromatic rings. The molecule has 2 aliphatic heterocycles. The number of nitrogens with zero attached hydrogens (tertiary/aromatic N) is 1. The summed E-state index contributed by atoms with van der Waals surface area (Å²) in [7, 11) is 0. The molecule has 16 heavy (non-hydrogen) atoms. The minimum atomic E-state index is -0.563. The second kappa shape index (κ2) is 3.57. The summed E-state index contributed by atoms with van der Waals surface area (Å²) in [6.07, 6.45) is 3.41. The summed E-state index contributed by atoms with van der Waals surface area (Å²) in [5.74, 6) is 0.562. The number of carbonyl (C=O) groups is 1. The zero-order valence-corrected chi connectivity index (χ0v) is 9.62. The van der Waals surface area contributed by atoms with Crippen LogP contribution in [0.5, 0.6) is 0 Å². The molecule has 1 aliphatic carbocycles. The fourth-order valence-corrected chi connectivity index (χ4v) is 3.08. The fraction of sp³-hybridized carbons (Fsp3) is 0.727. The summed E-state index contributed by atoms with van der Waals surface area (Å²) in [5, 5.41) is 15.2. The van der Waals surface area contributed by atoms with Crippen molar-refractivity contribution in [2.75, 3.05) is 0 Å². The Kier molecular flexibility index (Phi) is 2.48. The first-order chi connectivity index (χ1) is 7.49. The first kappa shape index (κ1) is 11.1. The van der Waals surface area contributed by atoms with Crippen LogP contribution in [0.15, 0.2) is 0 Å². The van der Waals surface area contributed by atoms with Crippen LogP contribution in [0.2, 0.25) is 0 Å². The zero-order valence-electron chi connectivity index (χ0n) is 9.62. The maximum absolute atomic E-state index is 11.0. The van der Waals surface area contributed by atoms with Gasteiger partial charge in [0.05, 0.1) is 0 Å². The molecule has 1 unspecified atom stereocenters. The van der Waals surface area contributed by atoms with Crippen LogP contribution < -0.4 is 0 Å². The van der Waals surface area contributed by atoms with Gasteiger partial charge in [-0.1, -0.05) is 6.92 Å². The van der Waals surface area contributed by atoms with E-state index < -0.39 is 5.54 Å². The Morgan fingerprint density at radius 1 is 1.50 bits per heavy atom. The molecule has 3 atom stereocenters. The lowest BCUT2D eigenvalue weighted by atomic mass is 9.64. The van der Waals surface area contributed by atoms with Crippen LogP contribution in [0.1, 0.15) is 33.1 Å². The van der Waals surface area contributed by atoms with Gasteiger partial charge in [0, 0.05) is 19.4 Å². The highest BCUT2D eigenvalue weighted by Gasteiger charge is 2.59. The number of fused-ring (bicyclic) bond motifs is 2. The van der Waals surface area contributed by atoms with E-state index in [1.807, 2.05) is 0 Å². The van der Waals surface area contributed by atoms with Crippen LogP contribution in [0.4, 0.5) is 0 Å². The highest BCUT2D eigenvalue weighted by Crippen LogP contribution is 2.49. The van der Waals surface area contributed by atoms with E-state index in [0.29, 0.717) is 5.92 Å². The summed E-state index contributed by atoms with van der Waals surface area (Å²) in [5.41, 5.74) is -0.563. The lowest BCUT2D eigenvalue weighted by Gasteiger charge is -2.61. The largest absolute Gasteiger partial charge is 0.428 e. The van der Waals surface area contributed by atoms with Gasteiger partial charge in [-0.3, -0.25) is 15.6 Å². The highest BCUT2D eigenvalue weighted by atomic mass is 16.5. The van der Waals surface area contributed by atoms with Crippen molar-refractivity contribution in [3.8, 4) is 0 Å². The van der Waals surface area contributed by atoms with E-state index in [4.69, 9.17) is 15.6 Å². The molecule has 0 spiro atoms. The first-order valence-corrected chi connectivity index (χ1v) is 5.55. The van der Waals surface area contributed by atoms with E-state index in [-0.39, 0.29) is 17.8 Å². The Labute approximate surface area is 94.8 Å². The van der Waals surface area contributed by atoms with Crippen LogP contribution in [0, 0.1) is 16.7 Å². The highest BCUT2D eigenvalue weighted by molar-refractivity contribution is 5.95. The molecule has 3 rings (SSSR count). The molecule has 5 nitrogen and oxygen atoms in total. The van der Waals surface area contributed by atoms with Crippen molar-refractivity contribution in [2.24, 2.45) is 5.92 Å². The molecular weight excluding hydrogens is 206 g/mol. The van der Waals surface area contributed by atoms with Crippen molar-refractivity contribution < 1.29 is 9.53 Å². The average Bonchev–Trinajstić information content (AvgIpc) is 2.15. The number of ether oxygens (including phenoxy) is 1. The summed E-state index contributed by atoms with van der Waals surface area (Å²) in [6, 6.07) is 0.260. The van der Waals surface area contributed by atoms with Gasteiger partial charge in [-0.2, -0.15) is 0 Å². The molecule has 2 N–H and O–H groups in total. The number of amides is 1. The Balaban J connectivity index is 2.18. The van der Waals surface area contributed by atoms with Crippen LogP contribution in [0.25, 0.3) is 0 Å². The van der Waals surface area contributed by atoms with E-state index in [0.717, 1.165) is 25.7 Å². The Morgan fingerprint density at radius 3 is 2.75 bits per heavy atom. The van der Waals surface area contributed by atoms with Gasteiger partial charge in [0.25, 0.3) is 0 Å². The number of piperidine rings is 1. The smallest absolute Gasteiger partial charge is 0.215 e. The monoisotopic (exact) mass is 223 g/mol. The molecule has 0 aromatic heterocycles. The van der Waals surface area contributed by atoms with Crippen LogP contribution in [-0.2, 0) is 9.53 Å². The maximum atomic E-state index is 11.0. The van der Waals surface area contributed by atoms with Crippen LogP contribution >= 0.6 is 0 Å². The van der Waals surface area contributed by atoms with Gasteiger partial charge in [-0.05, 0) is 18.8 Å². The van der Waals surface area contributed by atoms with Gasteiger partial charge in [-0.15, -0.1) is 0 Å². The lowest BCUT2D eigenvalue weighted by molar-refractivity contribution is -0.146. The lowest BCUT2D eigenvalue weighted by Crippen LogP contribution is -2.73. The van der Waals surface area contributed by atoms with Crippen LogP contribution in [0.3, 0.4) is 0 Å². The predicted octanol–water partition coefficient (Wildman–Crippen LogP) is 1.38. The Morgan fingerprint density at radius 2 is 2.19 bits per heavy atom. The van der Waals surface area contributed by atoms with Crippen LogP contribution in [-0.4, -0.2) is 34.7 Å². The Bertz CT molecular complexity index is 355. The minimum Gasteiger partial charge on any atom is -0.428 e. The summed E-state index contributed by atoms with van der Waals surface area (Å²) in [4.78, 5) is 12.7. The minimum absolute atomic E-state index is 0.00639. The summed E-state index contributed by atoms with van der Waals surface area (Å²) >= 11 is 0. The molecule has 0 radical (unpaired) electrons. The molecule has 2 bridgehead atoms. The zero-order chi connectivity index (χ0) is 11.9. The quantitative estimate of drug-likeness (QED) is 0.421. The molecule has 3 fully saturated rings. The summed E-state index contributed by atoms with van der Waals surface area (Å²) in [6.45, 7) is 3.63. The van der Waals surface area contributed by atoms with Gasteiger partial charge in [0.1, 0.15) is 5.54 Å². The number of carbonyl (C=O) groups excluding carboxylic acids is 1. The SMILES string of the molecule is CC(=N)OC(=N)C12C[C@H](C)C[C@H](C1)N2C=O. The topological polar surface area (TPSA) is 77.2 Å². The van der Waals surface area contributed by atoms with E-state index in [9.17, 15) is 4.79 Å². The van der Waals surface area contributed by atoms with Crippen molar-refractivity contribution in [3.63, 3.8) is 0 Å². The van der Waals surface area contributed by atoms with Gasteiger partial charge < -0.3 is 9.64 Å². The molecule has 0 aromatic carbocycles. The van der Waals surface area contributed by atoms with Crippen molar-refractivity contribution in [2.45, 2.75) is 44.7 Å². The number of hydrogen-bond acceptors (Lipinski definition) is 4. The molecular formula is C11H17N3O2. The van der Waals surface area contributed by atoms with E-state index in [2.05, 4.69) is 6.92 Å². The third-order valence-electron chi connectivity index (χ3n) is 3.61. The molecule has 5 heteroatoms. The van der Waals surface area contributed by atoms with E-state index in [1.54, 1.807) is 4.90 Å². The van der Waals surface area contributed by atoms with Gasteiger partial charge >= 0.3 is 0 Å². The third-order valence-corrected chi connectivity index (χ3v) is 3.61. The number of hydrogen-bond donors (Lipinski definition) is 2. The standard InChI is InChI=1S/C11H17N3O2/c1-7-3-9-5-11(4-7,14(9)6-15)10(13)16-8(2)12/h6-7,9,12-13H,3-5H2,1-2H3/t7-,9-,11?/m1/s1. The second-order valence-electron chi connectivity index (χ2n) is 4.93. The third kappa shape index (κ3) is 1.42. The number of nitrogens with one attached hydrogen (secondary N) is 2. The van der Waals surface area contributed by atoms with E-state index >= 15 is 0 Å². The van der Waals surface area contributed by atoms with Crippen molar-refractivity contribution in [1.29, 1.82) is 10.8 Å². The Hall–Kier alpha value is -1.39. The fourth-order valence-electron chi connectivity index (χ4n) is 3.08. The second-order valence-corrected chi connectivity index (χ2v) is 4.93. The van der Waals surface area contributed by atoms with Crippen molar-refractivity contribution in [3.05, 3.63) is 0 Å². The predicted molar refractivity (Wildman–Crippen MR) is 59.6 cm³/mol.